The van der Waals surface area contributed by atoms with Crippen LogP contribution in [-0.4, -0.2) is 18.4 Å². The number of para-hydroxylation sites is 1. The Morgan fingerprint density at radius 1 is 1.20 bits per heavy atom. The van der Waals surface area contributed by atoms with Gasteiger partial charge in [0.2, 0.25) is 11.8 Å². The van der Waals surface area contributed by atoms with Crippen LogP contribution in [0.5, 0.6) is 0 Å². The highest BCUT2D eigenvalue weighted by Crippen LogP contribution is 2.36. The second kappa shape index (κ2) is 7.14. The van der Waals surface area contributed by atoms with Crippen LogP contribution in [0.15, 0.2) is 42.5 Å². The number of anilines is 2. The molecule has 0 aliphatic carbocycles. The molecular weight excluding hydrogens is 361 g/mol. The maximum absolute atomic E-state index is 12.5. The highest BCUT2D eigenvalue weighted by atomic mass is 35.5. The molecule has 5 nitrogen and oxygen atoms in total. The van der Waals surface area contributed by atoms with E-state index in [1.54, 1.807) is 42.5 Å². The van der Waals surface area contributed by atoms with Crippen molar-refractivity contribution < 1.29 is 9.59 Å². The molecule has 1 atom stereocenters. The molecule has 1 heterocycles. The van der Waals surface area contributed by atoms with Crippen LogP contribution in [0.1, 0.15) is 12.0 Å². The fraction of sp³-hybridized carbons (Fsp3) is 0.167. The zero-order valence-corrected chi connectivity index (χ0v) is 14.5. The van der Waals surface area contributed by atoms with Crippen molar-refractivity contribution in [2.24, 2.45) is 5.92 Å². The van der Waals surface area contributed by atoms with E-state index in [1.165, 1.54) is 4.90 Å². The summed E-state index contributed by atoms with van der Waals surface area (Å²) in [6, 6.07) is 13.8. The van der Waals surface area contributed by atoms with Crippen molar-refractivity contribution >= 4 is 46.4 Å². The molecule has 1 N–H and O–H groups in total. The lowest BCUT2D eigenvalue weighted by atomic mass is 10.1. The Balaban J connectivity index is 1.77. The molecule has 2 aromatic carbocycles. The van der Waals surface area contributed by atoms with Crippen molar-refractivity contribution in [1.29, 1.82) is 5.26 Å². The first kappa shape index (κ1) is 17.3. The fourth-order valence-electron chi connectivity index (χ4n) is 2.74. The molecule has 1 aliphatic rings. The van der Waals surface area contributed by atoms with Crippen molar-refractivity contribution in [1.82, 2.24) is 0 Å². The number of nitriles is 1. The third-order valence-corrected chi connectivity index (χ3v) is 4.83. The average molecular weight is 374 g/mol. The van der Waals surface area contributed by atoms with Crippen LogP contribution in [0.2, 0.25) is 10.0 Å². The second-order valence-electron chi connectivity index (χ2n) is 5.62. The topological polar surface area (TPSA) is 73.2 Å². The molecule has 1 saturated heterocycles. The second-order valence-corrected chi connectivity index (χ2v) is 6.41. The van der Waals surface area contributed by atoms with E-state index in [-0.39, 0.29) is 29.8 Å². The van der Waals surface area contributed by atoms with E-state index in [0.717, 1.165) is 0 Å². The van der Waals surface area contributed by atoms with Crippen molar-refractivity contribution in [3.8, 4) is 6.07 Å². The van der Waals surface area contributed by atoms with Gasteiger partial charge in [-0.3, -0.25) is 9.59 Å². The first-order chi connectivity index (χ1) is 12.0. The van der Waals surface area contributed by atoms with Crippen LogP contribution < -0.4 is 10.2 Å². The summed E-state index contributed by atoms with van der Waals surface area (Å²) in [5.41, 5.74) is 1.29. The van der Waals surface area contributed by atoms with E-state index < -0.39 is 5.92 Å². The van der Waals surface area contributed by atoms with Crippen molar-refractivity contribution in [2.75, 3.05) is 16.8 Å². The Hall–Kier alpha value is -2.55. The number of carbonyl (C=O) groups is 2. The maximum atomic E-state index is 12.5. The van der Waals surface area contributed by atoms with Gasteiger partial charge in [-0.25, -0.2) is 0 Å². The molecule has 0 spiro atoms. The molecule has 2 aromatic rings. The lowest BCUT2D eigenvalue weighted by Crippen LogP contribution is -2.28. The number of benzene rings is 2. The van der Waals surface area contributed by atoms with Crippen LogP contribution in [0.3, 0.4) is 0 Å². The Labute approximate surface area is 154 Å². The summed E-state index contributed by atoms with van der Waals surface area (Å²) in [5.74, 6) is -1.04. The fourth-order valence-corrected chi connectivity index (χ4v) is 3.14. The van der Waals surface area contributed by atoms with Gasteiger partial charge in [0.15, 0.2) is 0 Å². The van der Waals surface area contributed by atoms with E-state index in [2.05, 4.69) is 5.32 Å². The summed E-state index contributed by atoms with van der Waals surface area (Å²) >= 11 is 12.2. The lowest BCUT2D eigenvalue weighted by molar-refractivity contribution is -0.122. The minimum absolute atomic E-state index is 0.0728. The van der Waals surface area contributed by atoms with Gasteiger partial charge in [0.1, 0.15) is 6.07 Å². The van der Waals surface area contributed by atoms with Gasteiger partial charge in [0, 0.05) is 13.0 Å². The maximum Gasteiger partial charge on any atom is 0.229 e. The van der Waals surface area contributed by atoms with Crippen molar-refractivity contribution in [3.63, 3.8) is 0 Å². The smallest absolute Gasteiger partial charge is 0.229 e. The van der Waals surface area contributed by atoms with Gasteiger partial charge in [-0.05, 0) is 24.3 Å². The van der Waals surface area contributed by atoms with E-state index >= 15 is 0 Å². The summed E-state index contributed by atoms with van der Waals surface area (Å²) in [6.07, 6.45) is 0.0728. The lowest BCUT2D eigenvalue weighted by Gasteiger charge is -2.18. The molecule has 126 valence electrons. The summed E-state index contributed by atoms with van der Waals surface area (Å²) in [7, 11) is 0. The number of rotatable bonds is 3. The van der Waals surface area contributed by atoms with Crippen LogP contribution in [0.25, 0.3) is 0 Å². The predicted molar refractivity (Wildman–Crippen MR) is 96.7 cm³/mol. The zero-order valence-electron chi connectivity index (χ0n) is 13.0. The van der Waals surface area contributed by atoms with Crippen LogP contribution in [0, 0.1) is 17.2 Å². The number of hydrogen-bond acceptors (Lipinski definition) is 3. The molecule has 1 aliphatic heterocycles. The SMILES string of the molecule is N#Cc1ccccc1NC(=O)C1CC(=O)N(c2cccc(Cl)c2Cl)C1. The van der Waals surface area contributed by atoms with Crippen molar-refractivity contribution in [3.05, 3.63) is 58.1 Å². The van der Waals surface area contributed by atoms with Crippen LogP contribution >= 0.6 is 23.2 Å². The molecule has 0 radical (unpaired) electrons. The highest BCUT2D eigenvalue weighted by molar-refractivity contribution is 6.44. The summed E-state index contributed by atoms with van der Waals surface area (Å²) in [6.45, 7) is 0.208. The van der Waals surface area contributed by atoms with E-state index in [0.29, 0.717) is 22.0 Å². The molecule has 2 amide bonds. The van der Waals surface area contributed by atoms with E-state index in [1.807, 2.05) is 6.07 Å². The Bertz CT molecular complexity index is 892. The molecule has 0 bridgehead atoms. The molecule has 0 aromatic heterocycles. The van der Waals surface area contributed by atoms with Gasteiger partial charge in [-0.1, -0.05) is 41.4 Å². The minimum Gasteiger partial charge on any atom is -0.325 e. The molecule has 0 saturated carbocycles. The first-order valence-corrected chi connectivity index (χ1v) is 8.31. The first-order valence-electron chi connectivity index (χ1n) is 7.55. The zero-order chi connectivity index (χ0) is 18.0. The molecular formula is C18H13Cl2N3O2. The van der Waals surface area contributed by atoms with E-state index in [9.17, 15) is 9.59 Å². The van der Waals surface area contributed by atoms with Gasteiger partial charge in [-0.15, -0.1) is 0 Å². The Kier molecular flexibility index (Phi) is 4.93. The summed E-state index contributed by atoms with van der Waals surface area (Å²) in [5, 5.41) is 12.5. The molecule has 3 rings (SSSR count). The number of hydrogen-bond donors (Lipinski definition) is 1. The van der Waals surface area contributed by atoms with Gasteiger partial charge in [0.25, 0.3) is 0 Å². The number of carbonyl (C=O) groups excluding carboxylic acids is 2. The predicted octanol–water partition coefficient (Wildman–Crippen LogP) is 3.86. The average Bonchev–Trinajstić information content (AvgIpc) is 2.99. The largest absolute Gasteiger partial charge is 0.325 e. The number of amides is 2. The summed E-state index contributed by atoms with van der Waals surface area (Å²) < 4.78 is 0. The van der Waals surface area contributed by atoms with Gasteiger partial charge in [-0.2, -0.15) is 5.26 Å². The minimum atomic E-state index is -0.533. The normalized spacial score (nSPS) is 16.6. The van der Waals surface area contributed by atoms with Crippen molar-refractivity contribution in [2.45, 2.75) is 6.42 Å². The number of nitrogens with zero attached hydrogens (tertiary/aromatic N) is 2. The Morgan fingerprint density at radius 2 is 1.96 bits per heavy atom. The molecule has 1 unspecified atom stereocenters. The quantitative estimate of drug-likeness (QED) is 0.887. The third-order valence-electron chi connectivity index (χ3n) is 4.02. The Morgan fingerprint density at radius 3 is 2.72 bits per heavy atom. The van der Waals surface area contributed by atoms with E-state index in [4.69, 9.17) is 28.5 Å². The van der Waals surface area contributed by atoms with Gasteiger partial charge >= 0.3 is 0 Å². The molecule has 25 heavy (non-hydrogen) atoms. The molecule has 7 heteroatoms. The van der Waals surface area contributed by atoms with Crippen LogP contribution in [0.4, 0.5) is 11.4 Å². The standard InChI is InChI=1S/C18H13Cl2N3O2/c19-13-5-3-7-15(17(13)20)23-10-12(8-16(23)24)18(25)22-14-6-2-1-4-11(14)9-21/h1-7,12H,8,10H2,(H,22,25). The van der Waals surface area contributed by atoms with Gasteiger partial charge < -0.3 is 10.2 Å². The van der Waals surface area contributed by atoms with Gasteiger partial charge in [0.05, 0.1) is 32.9 Å². The molecule has 1 fully saturated rings. The highest BCUT2D eigenvalue weighted by Gasteiger charge is 2.36. The summed E-state index contributed by atoms with van der Waals surface area (Å²) in [4.78, 5) is 26.3. The monoisotopic (exact) mass is 373 g/mol. The number of halogens is 2. The number of nitrogens with one attached hydrogen (secondary N) is 1. The third kappa shape index (κ3) is 3.46. The van der Waals surface area contributed by atoms with Crippen LogP contribution in [-0.2, 0) is 9.59 Å².